The van der Waals surface area contributed by atoms with Crippen molar-refractivity contribution in [3.63, 3.8) is 0 Å². The summed E-state index contributed by atoms with van der Waals surface area (Å²) in [5.41, 5.74) is 3.26. The third kappa shape index (κ3) is 3.22. The smallest absolute Gasteiger partial charge is 0.410 e. The van der Waals surface area contributed by atoms with E-state index in [1.807, 2.05) is 30.2 Å². The summed E-state index contributed by atoms with van der Waals surface area (Å²) in [6.45, 7) is 1.02. The van der Waals surface area contributed by atoms with Crippen LogP contribution in [0.4, 0.5) is 13.6 Å². The van der Waals surface area contributed by atoms with Gasteiger partial charge in [0, 0.05) is 41.4 Å². The number of cyclic esters (lactones) is 1. The van der Waals surface area contributed by atoms with Crippen molar-refractivity contribution in [3.05, 3.63) is 69.2 Å². The fraction of sp³-hybridized carbons (Fsp3) is 0.400. The molecule has 2 aromatic rings. The molecule has 0 radical (unpaired) electrons. The molecule has 2 atom stereocenters. The number of benzene rings is 2. The Morgan fingerprint density at radius 2 is 1.91 bits per heavy atom. The van der Waals surface area contributed by atoms with Crippen molar-refractivity contribution in [2.24, 2.45) is 0 Å². The summed E-state index contributed by atoms with van der Waals surface area (Å²) in [7, 11) is 0. The summed E-state index contributed by atoms with van der Waals surface area (Å²) in [5, 5.41) is 0. The number of carbonyl (C=O) groups is 1. The van der Waals surface area contributed by atoms with Gasteiger partial charge in [-0.05, 0) is 35.2 Å². The standard InChI is InChI=1S/C25H21BrF2N2O3/c26-17-5-6-18-19(8-17)24(12-25(27,28)13-24)14-29(21(18)11-31)10-22-20-7-15-3-1-2-4-16(15)9-30(20)23(32)33-22/h1-6,8,20,22H,7,9-10,12-14H2/t20-,22+/m0/s1. The van der Waals surface area contributed by atoms with Crippen LogP contribution in [0.15, 0.2) is 46.9 Å². The van der Waals surface area contributed by atoms with E-state index in [2.05, 4.69) is 22.0 Å². The lowest BCUT2D eigenvalue weighted by molar-refractivity contribution is -0.133. The number of carbonyl (C=O) groups excluding carboxylic acids is 2. The van der Waals surface area contributed by atoms with Gasteiger partial charge >= 0.3 is 6.09 Å². The van der Waals surface area contributed by atoms with Crippen molar-refractivity contribution in [2.45, 2.75) is 49.3 Å². The zero-order valence-electron chi connectivity index (χ0n) is 17.7. The first-order valence-corrected chi connectivity index (χ1v) is 11.8. The van der Waals surface area contributed by atoms with Gasteiger partial charge in [-0.2, -0.15) is 0 Å². The van der Waals surface area contributed by atoms with Gasteiger partial charge in [0.1, 0.15) is 11.8 Å². The number of hydrogen-bond donors (Lipinski definition) is 0. The highest BCUT2D eigenvalue weighted by atomic mass is 79.9. The highest BCUT2D eigenvalue weighted by molar-refractivity contribution is 9.10. The minimum Gasteiger partial charge on any atom is -0.442 e. The Morgan fingerprint density at radius 3 is 2.64 bits per heavy atom. The summed E-state index contributed by atoms with van der Waals surface area (Å²) in [4.78, 5) is 28.2. The first kappa shape index (κ1) is 20.9. The van der Waals surface area contributed by atoms with Crippen LogP contribution in [0.5, 0.6) is 0 Å². The Labute approximate surface area is 198 Å². The van der Waals surface area contributed by atoms with Gasteiger partial charge in [-0.1, -0.05) is 46.3 Å². The maximum atomic E-state index is 14.1. The first-order valence-electron chi connectivity index (χ1n) is 11.0. The van der Waals surface area contributed by atoms with Gasteiger partial charge in [-0.15, -0.1) is 0 Å². The summed E-state index contributed by atoms with van der Waals surface area (Å²) < 4.78 is 34.7. The topological polar surface area (TPSA) is 49.9 Å². The average molecular weight is 515 g/mol. The Morgan fingerprint density at radius 1 is 1.15 bits per heavy atom. The monoisotopic (exact) mass is 514 g/mol. The number of alkyl halides is 2. The van der Waals surface area contributed by atoms with Crippen LogP contribution >= 0.6 is 15.9 Å². The number of amides is 1. The van der Waals surface area contributed by atoms with Gasteiger partial charge in [0.05, 0.1) is 12.6 Å². The number of rotatable bonds is 2. The fourth-order valence-corrected chi connectivity index (χ4v) is 6.47. The highest BCUT2D eigenvalue weighted by Crippen LogP contribution is 2.57. The molecule has 2 fully saturated rings. The van der Waals surface area contributed by atoms with Gasteiger partial charge in [0.15, 0.2) is 5.94 Å². The van der Waals surface area contributed by atoms with Crippen molar-refractivity contribution in [1.82, 2.24) is 9.80 Å². The van der Waals surface area contributed by atoms with E-state index >= 15 is 0 Å². The zero-order valence-corrected chi connectivity index (χ0v) is 19.3. The molecule has 0 unspecified atom stereocenters. The molecule has 0 aromatic heterocycles. The van der Waals surface area contributed by atoms with Crippen LogP contribution in [0.3, 0.4) is 0 Å². The molecule has 1 saturated carbocycles. The summed E-state index contributed by atoms with van der Waals surface area (Å²) in [6, 6.07) is 13.3. The highest BCUT2D eigenvalue weighted by Gasteiger charge is 2.60. The second kappa shape index (κ2) is 7.15. The summed E-state index contributed by atoms with van der Waals surface area (Å²) in [6.07, 6.45) is -0.710. The summed E-state index contributed by atoms with van der Waals surface area (Å²) >= 11 is 3.44. The number of hydrogen-bond acceptors (Lipinski definition) is 4. The minimum atomic E-state index is -2.72. The van der Waals surface area contributed by atoms with Crippen LogP contribution < -0.4 is 0 Å². The number of halogens is 3. The Bertz CT molecular complexity index is 1220. The van der Waals surface area contributed by atoms with Crippen molar-refractivity contribution in [2.75, 3.05) is 13.1 Å². The van der Waals surface area contributed by atoms with Crippen LogP contribution in [-0.4, -0.2) is 53.0 Å². The number of fused-ring (bicyclic) bond motifs is 4. The maximum Gasteiger partial charge on any atom is 0.410 e. The molecular weight excluding hydrogens is 494 g/mol. The molecule has 1 amide bonds. The van der Waals surface area contributed by atoms with Gasteiger partial charge < -0.3 is 9.64 Å². The number of nitrogens with zero attached hydrogens (tertiary/aromatic N) is 2. The SMILES string of the molecule is O=C=C1c2ccc(Br)cc2C2(CN1C[C@H]1OC(=O)N3Cc4ccccc4C[C@@H]13)CC(F)(F)C2. The van der Waals surface area contributed by atoms with E-state index in [4.69, 9.17) is 4.74 Å². The molecule has 8 heteroatoms. The van der Waals surface area contributed by atoms with Gasteiger partial charge in [-0.25, -0.2) is 18.4 Å². The molecule has 3 heterocycles. The van der Waals surface area contributed by atoms with E-state index in [1.54, 1.807) is 21.9 Å². The van der Waals surface area contributed by atoms with Crippen LogP contribution in [0.2, 0.25) is 0 Å². The third-order valence-electron chi connectivity index (χ3n) is 7.51. The molecule has 1 saturated heterocycles. The van der Waals surface area contributed by atoms with Crippen molar-refractivity contribution in [3.8, 4) is 0 Å². The molecule has 1 spiro atoms. The fourth-order valence-electron chi connectivity index (χ4n) is 6.11. The van der Waals surface area contributed by atoms with E-state index in [0.29, 0.717) is 24.2 Å². The van der Waals surface area contributed by atoms with E-state index < -0.39 is 17.4 Å². The summed E-state index contributed by atoms with van der Waals surface area (Å²) in [5.74, 6) is -0.680. The van der Waals surface area contributed by atoms with Gasteiger partial charge in [0.25, 0.3) is 0 Å². The Kier molecular flexibility index (Phi) is 4.52. The number of ether oxygens (including phenoxy) is 1. The predicted octanol–water partition coefficient (Wildman–Crippen LogP) is 4.55. The molecule has 0 N–H and O–H groups in total. The molecule has 6 rings (SSSR count). The maximum absolute atomic E-state index is 14.1. The lowest BCUT2D eigenvalue weighted by atomic mass is 9.59. The largest absolute Gasteiger partial charge is 0.442 e. The molecule has 1 aliphatic carbocycles. The Balaban J connectivity index is 1.33. The van der Waals surface area contributed by atoms with E-state index in [9.17, 15) is 18.4 Å². The molecule has 5 nitrogen and oxygen atoms in total. The van der Waals surface area contributed by atoms with Crippen LogP contribution in [0.1, 0.15) is 35.1 Å². The van der Waals surface area contributed by atoms with E-state index in [-0.39, 0.29) is 38.1 Å². The molecular formula is C25H21BrF2N2O3. The van der Waals surface area contributed by atoms with Gasteiger partial charge in [0.2, 0.25) is 5.92 Å². The van der Waals surface area contributed by atoms with E-state index in [0.717, 1.165) is 15.6 Å². The average Bonchev–Trinajstić information content (AvgIpc) is 3.06. The third-order valence-corrected chi connectivity index (χ3v) is 8.01. The minimum absolute atomic E-state index is 0.162. The van der Waals surface area contributed by atoms with Crippen LogP contribution in [-0.2, 0) is 27.9 Å². The predicted molar refractivity (Wildman–Crippen MR) is 120 cm³/mol. The first-order chi connectivity index (χ1) is 15.8. The van der Waals surface area contributed by atoms with Crippen LogP contribution in [0, 0.1) is 0 Å². The van der Waals surface area contributed by atoms with Gasteiger partial charge in [-0.3, -0.25) is 4.90 Å². The van der Waals surface area contributed by atoms with Crippen LogP contribution in [0.25, 0.3) is 5.70 Å². The second-order valence-corrected chi connectivity index (χ2v) is 10.5. The molecule has 3 aliphatic heterocycles. The van der Waals surface area contributed by atoms with E-state index in [1.165, 1.54) is 5.56 Å². The molecule has 33 heavy (non-hydrogen) atoms. The quantitative estimate of drug-likeness (QED) is 0.551. The molecule has 0 bridgehead atoms. The molecule has 4 aliphatic rings. The molecule has 2 aromatic carbocycles. The molecule has 170 valence electrons. The van der Waals surface area contributed by atoms with Crippen molar-refractivity contribution < 1.29 is 23.1 Å². The van der Waals surface area contributed by atoms with Crippen molar-refractivity contribution >= 4 is 33.7 Å². The second-order valence-electron chi connectivity index (χ2n) is 9.60. The Hall–Kier alpha value is -2.70. The van der Waals surface area contributed by atoms with Crippen molar-refractivity contribution in [1.29, 1.82) is 0 Å². The lowest BCUT2D eigenvalue weighted by Gasteiger charge is -2.54. The normalized spacial score (nSPS) is 26.2. The lowest BCUT2D eigenvalue weighted by Crippen LogP contribution is -2.59. The zero-order chi connectivity index (χ0) is 23.0.